The molecule has 1 saturated carbocycles. The van der Waals surface area contributed by atoms with Crippen LogP contribution in [0.2, 0.25) is 0 Å². The average molecular weight is 278 g/mol. The van der Waals surface area contributed by atoms with E-state index in [4.69, 9.17) is 9.72 Å². The van der Waals surface area contributed by atoms with E-state index in [1.807, 2.05) is 6.92 Å². The highest BCUT2D eigenvalue weighted by Crippen LogP contribution is 2.35. The van der Waals surface area contributed by atoms with Crippen LogP contribution in [0.3, 0.4) is 0 Å². The zero-order valence-corrected chi connectivity index (χ0v) is 12.9. The van der Waals surface area contributed by atoms with Crippen molar-refractivity contribution < 1.29 is 4.74 Å². The molecule has 1 aromatic heterocycles. The molecular weight excluding hydrogens is 252 g/mol. The van der Waals surface area contributed by atoms with Gasteiger partial charge in [-0.05, 0) is 32.6 Å². The van der Waals surface area contributed by atoms with Crippen molar-refractivity contribution in [2.24, 2.45) is 0 Å². The van der Waals surface area contributed by atoms with Crippen molar-refractivity contribution in [2.45, 2.75) is 70.8 Å². The van der Waals surface area contributed by atoms with Gasteiger partial charge in [-0.2, -0.15) is 0 Å². The van der Waals surface area contributed by atoms with Crippen LogP contribution in [0.5, 0.6) is 0 Å². The minimum atomic E-state index is -0.456. The van der Waals surface area contributed by atoms with Gasteiger partial charge in [0.05, 0.1) is 5.69 Å². The Morgan fingerprint density at radius 3 is 2.50 bits per heavy atom. The highest BCUT2D eigenvalue weighted by atomic mass is 16.5. The second-order valence-electron chi connectivity index (χ2n) is 5.63. The summed E-state index contributed by atoms with van der Waals surface area (Å²) < 4.78 is 5.95. The van der Waals surface area contributed by atoms with Crippen molar-refractivity contribution in [3.63, 3.8) is 0 Å². The van der Waals surface area contributed by atoms with Crippen LogP contribution in [0, 0.1) is 0 Å². The van der Waals surface area contributed by atoms with Gasteiger partial charge in [0, 0.05) is 18.6 Å². The van der Waals surface area contributed by atoms with Crippen LogP contribution < -0.4 is 5.56 Å². The van der Waals surface area contributed by atoms with Crippen molar-refractivity contribution in [3.05, 3.63) is 27.9 Å². The van der Waals surface area contributed by atoms with Crippen molar-refractivity contribution in [1.82, 2.24) is 9.97 Å². The molecule has 1 aliphatic carbocycles. The molecule has 1 heterocycles. The van der Waals surface area contributed by atoms with Gasteiger partial charge in [-0.25, -0.2) is 4.98 Å². The molecular formula is C16H26N2O2. The summed E-state index contributed by atoms with van der Waals surface area (Å²) >= 11 is 0. The molecule has 20 heavy (non-hydrogen) atoms. The maximum atomic E-state index is 12.0. The van der Waals surface area contributed by atoms with Crippen LogP contribution in [0.1, 0.15) is 76.7 Å². The van der Waals surface area contributed by atoms with Crippen molar-refractivity contribution in [2.75, 3.05) is 6.61 Å². The van der Waals surface area contributed by atoms with E-state index in [1.54, 1.807) is 6.07 Å². The summed E-state index contributed by atoms with van der Waals surface area (Å²) in [5, 5.41) is 0. The number of nitrogens with zero attached hydrogens (tertiary/aromatic N) is 1. The number of aromatic nitrogens is 2. The molecule has 1 aromatic rings. The lowest BCUT2D eigenvalue weighted by atomic mass is 9.95. The quantitative estimate of drug-likeness (QED) is 0.866. The van der Waals surface area contributed by atoms with Crippen LogP contribution in [0.4, 0.5) is 0 Å². The second kappa shape index (κ2) is 6.53. The van der Waals surface area contributed by atoms with Crippen molar-refractivity contribution >= 4 is 0 Å². The molecule has 0 unspecified atom stereocenters. The number of H-pyrrole nitrogens is 1. The highest BCUT2D eigenvalue weighted by Gasteiger charge is 2.33. The monoisotopic (exact) mass is 278 g/mol. The Morgan fingerprint density at radius 2 is 1.95 bits per heavy atom. The normalized spacial score (nSPS) is 16.8. The van der Waals surface area contributed by atoms with Gasteiger partial charge in [0.25, 0.3) is 5.56 Å². The first kappa shape index (κ1) is 15.2. The zero-order chi connectivity index (χ0) is 14.6. The van der Waals surface area contributed by atoms with E-state index < -0.39 is 5.60 Å². The summed E-state index contributed by atoms with van der Waals surface area (Å²) in [5.41, 5.74) is 0.442. The van der Waals surface area contributed by atoms with Crippen LogP contribution in [0.15, 0.2) is 10.9 Å². The number of nitrogens with one attached hydrogen (secondary N) is 1. The zero-order valence-electron chi connectivity index (χ0n) is 12.9. The Balaban J connectivity index is 2.41. The molecule has 1 aliphatic rings. The SMILES string of the molecule is CCOC(CC)(CC)c1nc(C2CCCC2)cc(=O)[nH]1. The second-order valence-corrected chi connectivity index (χ2v) is 5.63. The maximum absolute atomic E-state index is 12.0. The fraction of sp³-hybridized carbons (Fsp3) is 0.750. The number of aromatic amines is 1. The van der Waals surface area contributed by atoms with Gasteiger partial charge in [0.15, 0.2) is 0 Å². The Kier molecular flexibility index (Phi) is 4.97. The first-order valence-corrected chi connectivity index (χ1v) is 7.91. The van der Waals surface area contributed by atoms with Crippen molar-refractivity contribution in [1.29, 1.82) is 0 Å². The summed E-state index contributed by atoms with van der Waals surface area (Å²) in [6.07, 6.45) is 6.41. The van der Waals surface area contributed by atoms with E-state index in [0.29, 0.717) is 18.3 Å². The minimum Gasteiger partial charge on any atom is -0.367 e. The van der Waals surface area contributed by atoms with E-state index in [0.717, 1.165) is 31.4 Å². The summed E-state index contributed by atoms with van der Waals surface area (Å²) in [7, 11) is 0. The smallest absolute Gasteiger partial charge is 0.251 e. The highest BCUT2D eigenvalue weighted by molar-refractivity contribution is 5.13. The molecule has 4 heteroatoms. The average Bonchev–Trinajstić information content (AvgIpc) is 2.98. The van der Waals surface area contributed by atoms with Crippen LogP contribution >= 0.6 is 0 Å². The molecule has 4 nitrogen and oxygen atoms in total. The number of rotatable bonds is 6. The van der Waals surface area contributed by atoms with Gasteiger partial charge in [-0.3, -0.25) is 4.79 Å². The molecule has 0 radical (unpaired) electrons. The predicted octanol–water partition coefficient (Wildman–Crippen LogP) is 3.48. The summed E-state index contributed by atoms with van der Waals surface area (Å²) in [6, 6.07) is 1.67. The molecule has 0 bridgehead atoms. The molecule has 1 N–H and O–H groups in total. The minimum absolute atomic E-state index is 0.0529. The van der Waals surface area contributed by atoms with Crippen LogP contribution in [-0.4, -0.2) is 16.6 Å². The largest absolute Gasteiger partial charge is 0.367 e. The summed E-state index contributed by atoms with van der Waals surface area (Å²) in [4.78, 5) is 19.7. The van der Waals surface area contributed by atoms with Gasteiger partial charge in [-0.15, -0.1) is 0 Å². The number of hydrogen-bond donors (Lipinski definition) is 1. The lowest BCUT2D eigenvalue weighted by Crippen LogP contribution is -2.33. The Morgan fingerprint density at radius 1 is 1.30 bits per heavy atom. The number of hydrogen-bond acceptors (Lipinski definition) is 3. The molecule has 0 atom stereocenters. The first-order chi connectivity index (χ1) is 9.65. The lowest BCUT2D eigenvalue weighted by molar-refractivity contribution is -0.0575. The van der Waals surface area contributed by atoms with E-state index >= 15 is 0 Å². The van der Waals surface area contributed by atoms with Gasteiger partial charge >= 0.3 is 0 Å². The van der Waals surface area contributed by atoms with Crippen molar-refractivity contribution in [3.8, 4) is 0 Å². The first-order valence-electron chi connectivity index (χ1n) is 7.91. The molecule has 112 valence electrons. The Hall–Kier alpha value is -1.16. The fourth-order valence-electron chi connectivity index (χ4n) is 3.26. The van der Waals surface area contributed by atoms with Gasteiger partial charge in [-0.1, -0.05) is 26.7 Å². The van der Waals surface area contributed by atoms with Crippen LogP contribution in [0.25, 0.3) is 0 Å². The standard InChI is InChI=1S/C16H26N2O2/c1-4-16(5-2,20-6-3)15-17-13(11-14(19)18-15)12-9-7-8-10-12/h11-12H,4-10H2,1-3H3,(H,17,18,19). The third kappa shape index (κ3) is 2.95. The molecule has 1 fully saturated rings. The third-order valence-electron chi connectivity index (χ3n) is 4.53. The summed E-state index contributed by atoms with van der Waals surface area (Å²) in [5.74, 6) is 1.16. The molecule has 0 spiro atoms. The van der Waals surface area contributed by atoms with E-state index in [9.17, 15) is 4.79 Å². The van der Waals surface area contributed by atoms with Gasteiger partial charge in [0.1, 0.15) is 11.4 Å². The third-order valence-corrected chi connectivity index (χ3v) is 4.53. The maximum Gasteiger partial charge on any atom is 0.251 e. The van der Waals surface area contributed by atoms with E-state index in [-0.39, 0.29) is 5.56 Å². The van der Waals surface area contributed by atoms with Gasteiger partial charge < -0.3 is 9.72 Å². The topological polar surface area (TPSA) is 55.0 Å². The van der Waals surface area contributed by atoms with Gasteiger partial charge in [0.2, 0.25) is 0 Å². The molecule has 0 saturated heterocycles. The van der Waals surface area contributed by atoms with E-state index in [2.05, 4.69) is 18.8 Å². The molecule has 0 amide bonds. The Labute approximate surface area is 121 Å². The predicted molar refractivity (Wildman–Crippen MR) is 80.0 cm³/mol. The lowest BCUT2D eigenvalue weighted by Gasteiger charge is -2.30. The number of ether oxygens (including phenoxy) is 1. The molecule has 0 aromatic carbocycles. The van der Waals surface area contributed by atoms with Crippen LogP contribution in [-0.2, 0) is 10.3 Å². The molecule has 2 rings (SSSR count). The van der Waals surface area contributed by atoms with E-state index in [1.165, 1.54) is 12.8 Å². The summed E-state index contributed by atoms with van der Waals surface area (Å²) in [6.45, 7) is 6.78. The Bertz CT molecular complexity index is 485. The molecule has 0 aliphatic heterocycles. The fourth-order valence-corrected chi connectivity index (χ4v) is 3.26.